The Morgan fingerprint density at radius 2 is 1.76 bits per heavy atom. The Hall–Kier alpha value is -4.23. The van der Waals surface area contributed by atoms with Crippen LogP contribution in [0.4, 0.5) is 5.69 Å². The Labute approximate surface area is 224 Å². The molecule has 2 heterocycles. The molecular formula is C30H26ClNO6. The van der Waals surface area contributed by atoms with Crippen LogP contribution in [0.15, 0.2) is 82.5 Å². The number of anilines is 1. The number of hydrogen-bond acceptors (Lipinski definition) is 6. The number of carbonyl (C=O) groups is 2. The molecule has 0 saturated heterocycles. The molecule has 38 heavy (non-hydrogen) atoms. The SMILES string of the molecule is CCOc1ccc(N2C(=O)C(O)=C(C(=O)c3cc4cc(Cl)ccc4o3)C2c2cccc(C)c2)cc1OCC. The van der Waals surface area contributed by atoms with E-state index in [0.717, 1.165) is 5.56 Å². The predicted molar refractivity (Wildman–Crippen MR) is 145 cm³/mol. The van der Waals surface area contributed by atoms with Gasteiger partial charge in [0.25, 0.3) is 5.91 Å². The molecule has 1 amide bonds. The summed E-state index contributed by atoms with van der Waals surface area (Å²) in [5.41, 5.74) is 2.45. The molecule has 0 bridgehead atoms. The van der Waals surface area contributed by atoms with Gasteiger partial charge >= 0.3 is 0 Å². The van der Waals surface area contributed by atoms with Crippen molar-refractivity contribution >= 4 is 39.9 Å². The summed E-state index contributed by atoms with van der Waals surface area (Å²) >= 11 is 6.10. The van der Waals surface area contributed by atoms with Crippen molar-refractivity contribution in [2.45, 2.75) is 26.8 Å². The van der Waals surface area contributed by atoms with E-state index in [4.69, 9.17) is 25.5 Å². The number of aliphatic hydroxyl groups is 1. The lowest BCUT2D eigenvalue weighted by atomic mass is 9.93. The van der Waals surface area contributed by atoms with Crippen molar-refractivity contribution in [1.82, 2.24) is 0 Å². The van der Waals surface area contributed by atoms with Crippen LogP contribution in [0.25, 0.3) is 11.0 Å². The maximum atomic E-state index is 13.8. The summed E-state index contributed by atoms with van der Waals surface area (Å²) in [5.74, 6) is -0.939. The Bertz CT molecular complexity index is 1590. The fraction of sp³-hybridized carbons (Fsp3) is 0.200. The lowest BCUT2D eigenvalue weighted by molar-refractivity contribution is -0.117. The van der Waals surface area contributed by atoms with Gasteiger partial charge in [-0.3, -0.25) is 14.5 Å². The molecule has 8 heteroatoms. The quantitative estimate of drug-likeness (QED) is 0.247. The van der Waals surface area contributed by atoms with Crippen molar-refractivity contribution in [3.63, 3.8) is 0 Å². The lowest BCUT2D eigenvalue weighted by Crippen LogP contribution is -2.31. The summed E-state index contributed by atoms with van der Waals surface area (Å²) in [4.78, 5) is 28.8. The molecule has 0 spiro atoms. The number of Topliss-reactive ketones (excluding diaryl/α,β-unsaturated/α-hetero) is 1. The number of aryl methyl sites for hydroxylation is 1. The van der Waals surface area contributed by atoms with Gasteiger partial charge in [-0.05, 0) is 62.7 Å². The molecule has 0 fully saturated rings. The molecular weight excluding hydrogens is 506 g/mol. The van der Waals surface area contributed by atoms with Crippen LogP contribution in [0.3, 0.4) is 0 Å². The first-order valence-corrected chi connectivity index (χ1v) is 12.7. The zero-order valence-corrected chi connectivity index (χ0v) is 21.9. The highest BCUT2D eigenvalue weighted by Crippen LogP contribution is 2.44. The van der Waals surface area contributed by atoms with E-state index in [9.17, 15) is 14.7 Å². The summed E-state index contributed by atoms with van der Waals surface area (Å²) in [6.45, 7) is 6.47. The second-order valence-corrected chi connectivity index (χ2v) is 9.31. The highest BCUT2D eigenvalue weighted by Gasteiger charge is 2.45. The number of rotatable bonds is 8. The first-order valence-electron chi connectivity index (χ1n) is 12.3. The normalized spacial score (nSPS) is 15.4. The van der Waals surface area contributed by atoms with Gasteiger partial charge in [0.15, 0.2) is 23.0 Å². The number of furan rings is 1. The molecule has 1 N–H and O–H groups in total. The molecule has 0 saturated carbocycles. The Morgan fingerprint density at radius 3 is 2.50 bits per heavy atom. The van der Waals surface area contributed by atoms with Crippen molar-refractivity contribution in [2.75, 3.05) is 18.1 Å². The van der Waals surface area contributed by atoms with E-state index in [1.54, 1.807) is 42.5 Å². The zero-order valence-electron chi connectivity index (χ0n) is 21.2. The fourth-order valence-electron chi connectivity index (χ4n) is 4.71. The summed E-state index contributed by atoms with van der Waals surface area (Å²) in [6, 6.07) is 18.2. The van der Waals surface area contributed by atoms with Gasteiger partial charge in [0, 0.05) is 22.2 Å². The molecule has 7 nitrogen and oxygen atoms in total. The van der Waals surface area contributed by atoms with E-state index < -0.39 is 23.5 Å². The number of fused-ring (bicyclic) bond motifs is 1. The molecule has 1 atom stereocenters. The maximum absolute atomic E-state index is 13.8. The topological polar surface area (TPSA) is 89.2 Å². The van der Waals surface area contributed by atoms with Crippen molar-refractivity contribution < 1.29 is 28.6 Å². The van der Waals surface area contributed by atoms with Gasteiger partial charge in [0.05, 0.1) is 24.8 Å². The first-order chi connectivity index (χ1) is 18.3. The van der Waals surface area contributed by atoms with Gasteiger partial charge in [-0.1, -0.05) is 41.4 Å². The van der Waals surface area contributed by atoms with Gasteiger partial charge in [-0.25, -0.2) is 0 Å². The number of carbonyl (C=O) groups excluding carboxylic acids is 2. The van der Waals surface area contributed by atoms with Crippen LogP contribution < -0.4 is 14.4 Å². The number of aliphatic hydroxyl groups excluding tert-OH is 1. The lowest BCUT2D eigenvalue weighted by Gasteiger charge is -2.27. The van der Waals surface area contributed by atoms with E-state index in [-0.39, 0.29) is 11.3 Å². The minimum atomic E-state index is -0.904. The minimum Gasteiger partial charge on any atom is -0.503 e. The molecule has 0 aliphatic carbocycles. The summed E-state index contributed by atoms with van der Waals surface area (Å²) in [6.07, 6.45) is 0. The second-order valence-electron chi connectivity index (χ2n) is 8.87. The largest absolute Gasteiger partial charge is 0.503 e. The van der Waals surface area contributed by atoms with Crippen molar-refractivity contribution in [3.05, 3.63) is 100.0 Å². The molecule has 1 aliphatic heterocycles. The van der Waals surface area contributed by atoms with Crippen LogP contribution in [0, 0.1) is 6.92 Å². The van der Waals surface area contributed by atoms with E-state index >= 15 is 0 Å². The molecule has 4 aromatic rings. The minimum absolute atomic E-state index is 0.00202. The number of amides is 1. The van der Waals surface area contributed by atoms with Gasteiger partial charge in [-0.2, -0.15) is 0 Å². The van der Waals surface area contributed by atoms with Crippen LogP contribution in [-0.2, 0) is 4.79 Å². The average Bonchev–Trinajstić information content (AvgIpc) is 3.43. The van der Waals surface area contributed by atoms with E-state index in [2.05, 4.69) is 0 Å². The summed E-state index contributed by atoms with van der Waals surface area (Å²) in [5, 5.41) is 12.2. The van der Waals surface area contributed by atoms with Crippen molar-refractivity contribution in [1.29, 1.82) is 0 Å². The van der Waals surface area contributed by atoms with Crippen molar-refractivity contribution in [3.8, 4) is 11.5 Å². The molecule has 3 aromatic carbocycles. The van der Waals surface area contributed by atoms with Gasteiger partial charge in [0.2, 0.25) is 5.78 Å². The van der Waals surface area contributed by atoms with Gasteiger partial charge < -0.3 is 19.0 Å². The van der Waals surface area contributed by atoms with Crippen LogP contribution in [0.1, 0.15) is 41.6 Å². The summed E-state index contributed by atoms with van der Waals surface area (Å²) < 4.78 is 17.2. The monoisotopic (exact) mass is 531 g/mol. The Kier molecular flexibility index (Phi) is 6.87. The predicted octanol–water partition coefficient (Wildman–Crippen LogP) is 6.97. The summed E-state index contributed by atoms with van der Waals surface area (Å²) in [7, 11) is 0. The average molecular weight is 532 g/mol. The third-order valence-electron chi connectivity index (χ3n) is 6.32. The van der Waals surface area contributed by atoms with Gasteiger partial charge in [0.1, 0.15) is 5.58 Å². The smallest absolute Gasteiger partial charge is 0.294 e. The number of halogens is 1. The zero-order chi connectivity index (χ0) is 27.0. The number of hydrogen-bond donors (Lipinski definition) is 1. The number of ketones is 1. The number of benzene rings is 3. The highest BCUT2D eigenvalue weighted by molar-refractivity contribution is 6.31. The standard InChI is InChI=1S/C30H26ClNO6/c1-4-36-23-12-10-21(16-24(23)37-5-2)32-27(18-8-6-7-17(3)13-18)26(29(34)30(32)35)28(33)25-15-19-14-20(31)9-11-22(19)38-25/h6-16,27,34H,4-5H2,1-3H3. The first kappa shape index (κ1) is 25.4. The fourth-order valence-corrected chi connectivity index (χ4v) is 4.89. The second kappa shape index (κ2) is 10.3. The molecule has 194 valence electrons. The molecule has 1 aromatic heterocycles. The molecule has 5 rings (SSSR count). The third kappa shape index (κ3) is 4.50. The van der Waals surface area contributed by atoms with E-state index in [1.807, 2.05) is 45.0 Å². The van der Waals surface area contributed by atoms with Crippen LogP contribution in [0.2, 0.25) is 5.02 Å². The number of nitrogens with zero attached hydrogens (tertiary/aromatic N) is 1. The number of ether oxygens (including phenoxy) is 2. The third-order valence-corrected chi connectivity index (χ3v) is 6.55. The van der Waals surface area contributed by atoms with E-state index in [1.165, 1.54) is 4.90 Å². The van der Waals surface area contributed by atoms with Crippen LogP contribution in [-0.4, -0.2) is 30.0 Å². The van der Waals surface area contributed by atoms with Crippen LogP contribution in [0.5, 0.6) is 11.5 Å². The van der Waals surface area contributed by atoms with Gasteiger partial charge in [-0.15, -0.1) is 0 Å². The van der Waals surface area contributed by atoms with Crippen molar-refractivity contribution in [2.24, 2.45) is 0 Å². The van der Waals surface area contributed by atoms with Crippen LogP contribution >= 0.6 is 11.6 Å². The maximum Gasteiger partial charge on any atom is 0.294 e. The molecule has 1 aliphatic rings. The van der Waals surface area contributed by atoms with E-state index in [0.29, 0.717) is 52.0 Å². The molecule has 0 radical (unpaired) electrons. The highest BCUT2D eigenvalue weighted by atomic mass is 35.5. The Morgan fingerprint density at radius 1 is 1.00 bits per heavy atom. The Balaban J connectivity index is 1.64. The molecule has 1 unspecified atom stereocenters.